The molecule has 1 aliphatic heterocycles. The van der Waals surface area contributed by atoms with Crippen molar-refractivity contribution in [2.75, 3.05) is 14.1 Å². The van der Waals surface area contributed by atoms with Gasteiger partial charge in [-0.3, -0.25) is 9.69 Å². The Morgan fingerprint density at radius 2 is 1.79 bits per heavy atom. The topological polar surface area (TPSA) is 23.6 Å². The molecule has 14 heavy (non-hydrogen) atoms. The third-order valence-corrected chi connectivity index (χ3v) is 2.02. The Morgan fingerprint density at radius 3 is 2.21 bits per heavy atom. The van der Waals surface area contributed by atoms with E-state index in [0.29, 0.717) is 6.08 Å². The van der Waals surface area contributed by atoms with E-state index < -0.39 is 17.8 Å². The first-order valence-electron chi connectivity index (χ1n) is 3.74. The van der Waals surface area contributed by atoms with Gasteiger partial charge in [-0.2, -0.15) is 13.2 Å². The van der Waals surface area contributed by atoms with Crippen LogP contribution in [0.2, 0.25) is 0 Å². The molecule has 0 fully saturated rings. The van der Waals surface area contributed by atoms with Crippen LogP contribution < -0.4 is 0 Å². The highest BCUT2D eigenvalue weighted by atomic mass is 19.4. The maximum Gasteiger partial charge on any atom is 0.431 e. The summed E-state index contributed by atoms with van der Waals surface area (Å²) in [6.45, 7) is 3.38. The number of likely N-dealkylation sites (N-methyl/N-ethyl adjacent to an activating group) is 1. The Labute approximate surface area is 79.1 Å². The summed E-state index contributed by atoms with van der Waals surface area (Å²) in [7, 11) is 2.58. The zero-order valence-corrected chi connectivity index (χ0v) is 7.72. The number of hydrogen-bond acceptors (Lipinski definition) is 2. The number of alkyl halides is 3. The Bertz CT molecular complexity index is 319. The van der Waals surface area contributed by atoms with Crippen molar-refractivity contribution in [3.8, 4) is 0 Å². The van der Waals surface area contributed by atoms with Gasteiger partial charge >= 0.3 is 6.18 Å². The first-order chi connectivity index (χ1) is 6.25. The second kappa shape index (κ2) is 3.04. The number of hydrogen-bond donors (Lipinski definition) is 0. The van der Waals surface area contributed by atoms with Crippen LogP contribution in [-0.2, 0) is 4.79 Å². The molecular formula is C8H9F3N2O. The molecule has 0 aromatic carbocycles. The van der Waals surface area contributed by atoms with Gasteiger partial charge in [0.15, 0.2) is 0 Å². The van der Waals surface area contributed by atoms with Crippen molar-refractivity contribution in [2.45, 2.75) is 6.18 Å². The SMILES string of the molecule is C=C1N(C)C(=O)C=C(C(F)(F)F)N1C. The molecule has 3 nitrogen and oxygen atoms in total. The Balaban J connectivity index is 3.15. The van der Waals surface area contributed by atoms with Gasteiger partial charge in [0.1, 0.15) is 11.5 Å². The average molecular weight is 206 g/mol. The molecule has 1 heterocycles. The van der Waals surface area contributed by atoms with E-state index in [1.54, 1.807) is 0 Å². The Hall–Kier alpha value is -1.46. The molecule has 78 valence electrons. The monoisotopic (exact) mass is 206 g/mol. The molecular weight excluding hydrogens is 197 g/mol. The molecule has 0 N–H and O–H groups in total. The van der Waals surface area contributed by atoms with Crippen LogP contribution >= 0.6 is 0 Å². The normalized spacial score (nSPS) is 18.8. The minimum atomic E-state index is -4.53. The van der Waals surface area contributed by atoms with Crippen LogP contribution in [0, 0.1) is 0 Å². The lowest BCUT2D eigenvalue weighted by Gasteiger charge is -2.34. The third-order valence-electron chi connectivity index (χ3n) is 2.02. The minimum absolute atomic E-state index is 0.00447. The smallest absolute Gasteiger partial charge is 0.327 e. The fourth-order valence-corrected chi connectivity index (χ4v) is 1.07. The van der Waals surface area contributed by atoms with Crippen LogP contribution in [0.3, 0.4) is 0 Å². The summed E-state index contributed by atoms with van der Waals surface area (Å²) in [5, 5.41) is 0. The molecule has 0 aromatic rings. The summed E-state index contributed by atoms with van der Waals surface area (Å²) >= 11 is 0. The van der Waals surface area contributed by atoms with Gasteiger partial charge in [0.25, 0.3) is 5.91 Å². The molecule has 6 heteroatoms. The molecule has 0 saturated heterocycles. The first kappa shape index (κ1) is 10.6. The highest BCUT2D eigenvalue weighted by molar-refractivity contribution is 5.90. The lowest BCUT2D eigenvalue weighted by molar-refractivity contribution is -0.132. The van der Waals surface area contributed by atoms with Crippen LogP contribution in [0.4, 0.5) is 13.2 Å². The van der Waals surface area contributed by atoms with Crippen molar-refractivity contribution in [1.82, 2.24) is 9.80 Å². The maximum absolute atomic E-state index is 12.3. The lowest BCUT2D eigenvalue weighted by atomic mass is 10.2. The van der Waals surface area contributed by atoms with E-state index in [1.165, 1.54) is 14.1 Å². The molecule has 0 aromatic heterocycles. The lowest BCUT2D eigenvalue weighted by Crippen LogP contribution is -2.41. The number of halogens is 3. The first-order valence-corrected chi connectivity index (χ1v) is 3.74. The zero-order valence-electron chi connectivity index (χ0n) is 7.72. The van der Waals surface area contributed by atoms with Gasteiger partial charge in [-0.1, -0.05) is 6.58 Å². The van der Waals surface area contributed by atoms with E-state index in [0.717, 1.165) is 9.80 Å². The third kappa shape index (κ3) is 1.59. The van der Waals surface area contributed by atoms with Crippen LogP contribution in [-0.4, -0.2) is 36.0 Å². The van der Waals surface area contributed by atoms with Gasteiger partial charge in [0, 0.05) is 20.2 Å². The van der Waals surface area contributed by atoms with Crippen molar-refractivity contribution < 1.29 is 18.0 Å². The van der Waals surface area contributed by atoms with E-state index in [4.69, 9.17) is 0 Å². The molecule has 1 aliphatic rings. The fourth-order valence-electron chi connectivity index (χ4n) is 1.07. The van der Waals surface area contributed by atoms with Crippen LogP contribution in [0.25, 0.3) is 0 Å². The highest BCUT2D eigenvalue weighted by Gasteiger charge is 2.41. The summed E-state index contributed by atoms with van der Waals surface area (Å²) in [5.74, 6) is -0.717. The predicted octanol–water partition coefficient (Wildman–Crippen LogP) is 1.31. The number of carbonyl (C=O) groups is 1. The Morgan fingerprint density at radius 1 is 1.29 bits per heavy atom. The van der Waals surface area contributed by atoms with Crippen LogP contribution in [0.15, 0.2) is 24.2 Å². The van der Waals surface area contributed by atoms with E-state index >= 15 is 0 Å². The van der Waals surface area contributed by atoms with E-state index in [1.807, 2.05) is 0 Å². The number of allylic oxidation sites excluding steroid dienone is 1. The molecule has 1 rings (SSSR count). The van der Waals surface area contributed by atoms with Gasteiger partial charge in [-0.25, -0.2) is 0 Å². The quantitative estimate of drug-likeness (QED) is 0.596. The highest BCUT2D eigenvalue weighted by Crippen LogP contribution is 2.32. The second-order valence-electron chi connectivity index (χ2n) is 2.90. The van der Waals surface area contributed by atoms with Crippen molar-refractivity contribution in [2.24, 2.45) is 0 Å². The summed E-state index contributed by atoms with van der Waals surface area (Å²) < 4.78 is 37.0. The molecule has 0 unspecified atom stereocenters. The maximum atomic E-state index is 12.3. The standard InChI is InChI=1S/C8H9F3N2O/c1-5-12(2)6(8(9,10)11)4-7(14)13(5)3/h4H,1H2,2-3H3. The number of nitrogens with zero attached hydrogens (tertiary/aromatic N) is 2. The minimum Gasteiger partial charge on any atom is -0.327 e. The summed E-state index contributed by atoms with van der Waals surface area (Å²) in [6, 6.07) is 0. The van der Waals surface area contributed by atoms with Crippen LogP contribution in [0.1, 0.15) is 0 Å². The van der Waals surface area contributed by atoms with Crippen LogP contribution in [0.5, 0.6) is 0 Å². The summed E-state index contributed by atoms with van der Waals surface area (Å²) in [6.07, 6.45) is -3.98. The Kier molecular flexibility index (Phi) is 2.31. The van der Waals surface area contributed by atoms with Gasteiger partial charge < -0.3 is 4.90 Å². The fraction of sp³-hybridized carbons (Fsp3) is 0.375. The number of rotatable bonds is 0. The van der Waals surface area contributed by atoms with Gasteiger partial charge in [-0.05, 0) is 0 Å². The van der Waals surface area contributed by atoms with Crippen molar-refractivity contribution in [3.05, 3.63) is 24.2 Å². The second-order valence-corrected chi connectivity index (χ2v) is 2.90. The van der Waals surface area contributed by atoms with Gasteiger partial charge in [0.2, 0.25) is 0 Å². The van der Waals surface area contributed by atoms with E-state index in [9.17, 15) is 18.0 Å². The predicted molar refractivity (Wildman–Crippen MR) is 43.8 cm³/mol. The molecule has 0 aliphatic carbocycles. The van der Waals surface area contributed by atoms with Gasteiger partial charge in [0.05, 0.1) is 0 Å². The van der Waals surface area contributed by atoms with E-state index in [2.05, 4.69) is 6.58 Å². The summed E-state index contributed by atoms with van der Waals surface area (Å²) in [5.41, 5.74) is -0.995. The number of carbonyl (C=O) groups excluding carboxylic acids is 1. The molecule has 0 atom stereocenters. The number of amides is 1. The molecule has 0 bridgehead atoms. The van der Waals surface area contributed by atoms with E-state index in [-0.39, 0.29) is 5.82 Å². The van der Waals surface area contributed by atoms with Gasteiger partial charge in [-0.15, -0.1) is 0 Å². The largest absolute Gasteiger partial charge is 0.431 e. The van der Waals surface area contributed by atoms with Crippen molar-refractivity contribution in [1.29, 1.82) is 0 Å². The molecule has 0 spiro atoms. The van der Waals surface area contributed by atoms with Crippen molar-refractivity contribution in [3.63, 3.8) is 0 Å². The average Bonchev–Trinajstić information content (AvgIpc) is 2.06. The zero-order chi connectivity index (χ0) is 11.1. The molecule has 0 saturated carbocycles. The summed E-state index contributed by atoms with van der Waals surface area (Å²) in [4.78, 5) is 13.0. The van der Waals surface area contributed by atoms with Crippen molar-refractivity contribution >= 4 is 5.91 Å². The molecule has 0 radical (unpaired) electrons. The molecule has 1 amide bonds.